The number of hydrogen-bond acceptors (Lipinski definition) is 3. The Morgan fingerprint density at radius 3 is 2.58 bits per heavy atom. The Labute approximate surface area is 118 Å². The zero-order valence-corrected chi connectivity index (χ0v) is 12.6. The van der Waals surface area contributed by atoms with Gasteiger partial charge in [0.2, 0.25) is 0 Å². The molecule has 5 nitrogen and oxygen atoms in total. The van der Waals surface area contributed by atoms with Gasteiger partial charge in [-0.3, -0.25) is 9.40 Å². The molecule has 2 aromatic rings. The van der Waals surface area contributed by atoms with Crippen molar-refractivity contribution in [2.45, 2.75) is 11.8 Å². The fourth-order valence-corrected chi connectivity index (χ4v) is 3.53. The average Bonchev–Trinajstić information content (AvgIpc) is 2.56. The molecule has 0 aliphatic heterocycles. The number of halogens is 2. The van der Waals surface area contributed by atoms with Crippen LogP contribution in [0.4, 0.5) is 10.2 Å². The van der Waals surface area contributed by atoms with Gasteiger partial charge in [-0.05, 0) is 41.1 Å². The number of rotatable bonds is 3. The lowest BCUT2D eigenvalue weighted by Gasteiger charge is -2.07. The summed E-state index contributed by atoms with van der Waals surface area (Å²) >= 11 is 3.03. The number of anilines is 1. The van der Waals surface area contributed by atoms with Crippen LogP contribution in [0.5, 0.6) is 0 Å². The van der Waals surface area contributed by atoms with E-state index in [2.05, 4.69) is 25.8 Å². The second kappa shape index (κ2) is 4.93. The molecule has 1 aromatic heterocycles. The molecular formula is C11H11BrFN3O2S. The normalized spacial score (nSPS) is 11.6. The van der Waals surface area contributed by atoms with Gasteiger partial charge in [-0.1, -0.05) is 0 Å². The summed E-state index contributed by atoms with van der Waals surface area (Å²) < 4.78 is 41.3. The highest BCUT2D eigenvalue weighted by Gasteiger charge is 2.19. The van der Waals surface area contributed by atoms with E-state index < -0.39 is 15.8 Å². The summed E-state index contributed by atoms with van der Waals surface area (Å²) in [6.45, 7) is 1.80. The minimum absolute atomic E-state index is 0.0443. The minimum Gasteiger partial charge on any atom is -0.271 e. The van der Waals surface area contributed by atoms with Crippen molar-refractivity contribution in [1.82, 2.24) is 9.78 Å². The van der Waals surface area contributed by atoms with E-state index in [9.17, 15) is 12.8 Å². The Morgan fingerprint density at radius 2 is 2.05 bits per heavy atom. The van der Waals surface area contributed by atoms with Gasteiger partial charge in [0.05, 0.1) is 0 Å². The summed E-state index contributed by atoms with van der Waals surface area (Å²) in [4.78, 5) is -0.0443. The van der Waals surface area contributed by atoms with Crippen LogP contribution in [0, 0.1) is 12.7 Å². The van der Waals surface area contributed by atoms with E-state index in [0.29, 0.717) is 0 Å². The van der Waals surface area contributed by atoms with Crippen molar-refractivity contribution in [2.24, 2.45) is 7.05 Å². The molecule has 1 aromatic carbocycles. The van der Waals surface area contributed by atoms with Gasteiger partial charge >= 0.3 is 0 Å². The van der Waals surface area contributed by atoms with Crippen LogP contribution in [-0.4, -0.2) is 18.2 Å². The summed E-state index contributed by atoms with van der Waals surface area (Å²) in [5.41, 5.74) is 0.816. The maximum atomic E-state index is 13.0. The maximum Gasteiger partial charge on any atom is 0.264 e. The summed E-state index contributed by atoms with van der Waals surface area (Å²) in [6, 6.07) is 4.98. The fraction of sp³-hybridized carbons (Fsp3) is 0.182. The molecule has 2 rings (SSSR count). The lowest BCUT2D eigenvalue weighted by molar-refractivity contribution is 0.598. The monoisotopic (exact) mass is 347 g/mol. The molecule has 0 unspecified atom stereocenters. The predicted molar refractivity (Wildman–Crippen MR) is 72.9 cm³/mol. The van der Waals surface area contributed by atoms with Crippen LogP contribution >= 0.6 is 15.9 Å². The van der Waals surface area contributed by atoms with Gasteiger partial charge in [0.15, 0.2) is 5.82 Å². The van der Waals surface area contributed by atoms with Gasteiger partial charge in [-0.25, -0.2) is 12.8 Å². The number of sulfonamides is 1. The molecule has 0 aliphatic rings. The van der Waals surface area contributed by atoms with Crippen LogP contribution in [0.2, 0.25) is 0 Å². The highest BCUT2D eigenvalue weighted by molar-refractivity contribution is 9.10. The molecule has 1 N–H and O–H groups in total. The topological polar surface area (TPSA) is 64.0 Å². The highest BCUT2D eigenvalue weighted by Crippen LogP contribution is 2.24. The molecule has 0 spiro atoms. The molecule has 0 amide bonds. The Balaban J connectivity index is 2.37. The second-order valence-corrected chi connectivity index (χ2v) is 6.48. The van der Waals surface area contributed by atoms with Gasteiger partial charge in [0.25, 0.3) is 10.0 Å². The van der Waals surface area contributed by atoms with Gasteiger partial charge in [0, 0.05) is 23.3 Å². The quantitative estimate of drug-likeness (QED) is 0.927. The van der Waals surface area contributed by atoms with Gasteiger partial charge in [-0.15, -0.1) is 0 Å². The maximum absolute atomic E-state index is 13.0. The fourth-order valence-electron chi connectivity index (χ4n) is 1.50. The number of aromatic nitrogens is 2. The van der Waals surface area contributed by atoms with Gasteiger partial charge in [-0.2, -0.15) is 5.10 Å². The number of nitrogens with one attached hydrogen (secondary N) is 1. The third kappa shape index (κ3) is 2.95. The first kappa shape index (κ1) is 14.0. The lowest BCUT2D eigenvalue weighted by atomic mass is 10.3. The van der Waals surface area contributed by atoms with E-state index in [1.807, 2.05) is 0 Å². The van der Waals surface area contributed by atoms with E-state index in [-0.39, 0.29) is 15.2 Å². The van der Waals surface area contributed by atoms with Crippen molar-refractivity contribution in [3.8, 4) is 0 Å². The Bertz CT molecular complexity index is 708. The third-order valence-electron chi connectivity index (χ3n) is 2.54. The van der Waals surface area contributed by atoms with Crippen LogP contribution in [-0.2, 0) is 17.1 Å². The molecule has 8 heteroatoms. The third-order valence-corrected chi connectivity index (χ3v) is 4.87. The first-order chi connectivity index (χ1) is 8.79. The molecule has 0 atom stereocenters. The van der Waals surface area contributed by atoms with Crippen LogP contribution in [0.25, 0.3) is 0 Å². The van der Waals surface area contributed by atoms with Crippen LogP contribution in [0.15, 0.2) is 33.6 Å². The molecule has 19 heavy (non-hydrogen) atoms. The van der Waals surface area contributed by atoms with Crippen molar-refractivity contribution in [3.05, 3.63) is 40.2 Å². The summed E-state index contributed by atoms with van der Waals surface area (Å²) in [6.07, 6.45) is 0. The van der Waals surface area contributed by atoms with E-state index in [1.165, 1.54) is 6.07 Å². The molecule has 0 radical (unpaired) electrons. The predicted octanol–water partition coefficient (Wildman–Crippen LogP) is 2.43. The first-order valence-corrected chi connectivity index (χ1v) is 7.56. The molecule has 0 saturated heterocycles. The molecule has 102 valence electrons. The zero-order chi connectivity index (χ0) is 14.2. The highest BCUT2D eigenvalue weighted by atomic mass is 79.9. The molecule has 0 saturated carbocycles. The van der Waals surface area contributed by atoms with E-state index in [4.69, 9.17) is 0 Å². The molecule has 0 fully saturated rings. The number of aryl methyl sites for hydroxylation is 2. The van der Waals surface area contributed by atoms with Crippen LogP contribution in [0.1, 0.15) is 5.69 Å². The van der Waals surface area contributed by atoms with Crippen LogP contribution in [0.3, 0.4) is 0 Å². The average molecular weight is 348 g/mol. The van der Waals surface area contributed by atoms with Gasteiger partial charge < -0.3 is 0 Å². The van der Waals surface area contributed by atoms with Crippen molar-refractivity contribution < 1.29 is 12.8 Å². The number of hydrogen-bond donors (Lipinski definition) is 1. The van der Waals surface area contributed by atoms with Crippen molar-refractivity contribution >= 4 is 31.8 Å². The number of nitrogens with zero attached hydrogens (tertiary/aromatic N) is 2. The largest absolute Gasteiger partial charge is 0.271 e. The molecule has 0 bridgehead atoms. The molecule has 0 aliphatic carbocycles. The summed E-state index contributed by atoms with van der Waals surface area (Å²) in [7, 11) is -2.09. The molecule has 1 heterocycles. The van der Waals surface area contributed by atoms with E-state index >= 15 is 0 Å². The lowest BCUT2D eigenvalue weighted by Crippen LogP contribution is -2.14. The van der Waals surface area contributed by atoms with E-state index in [1.54, 1.807) is 24.7 Å². The first-order valence-electron chi connectivity index (χ1n) is 5.28. The van der Waals surface area contributed by atoms with Gasteiger partial charge in [0.1, 0.15) is 10.7 Å². The zero-order valence-electron chi connectivity index (χ0n) is 10.2. The van der Waals surface area contributed by atoms with Crippen molar-refractivity contribution in [1.29, 1.82) is 0 Å². The standard InChI is InChI=1S/C11H11BrFN3O2S/c1-7-5-11(14-16(7)2)15-19(17,18)10-4-3-8(13)6-9(10)12/h3-6H,1-2H3,(H,14,15). The summed E-state index contributed by atoms with van der Waals surface area (Å²) in [5.74, 6) is -0.296. The van der Waals surface area contributed by atoms with Crippen LogP contribution < -0.4 is 4.72 Å². The molecular weight excluding hydrogens is 337 g/mol. The summed E-state index contributed by atoms with van der Waals surface area (Å²) in [5, 5.41) is 4.01. The smallest absolute Gasteiger partial charge is 0.264 e. The Morgan fingerprint density at radius 1 is 1.37 bits per heavy atom. The number of benzene rings is 1. The Hall–Kier alpha value is -1.41. The second-order valence-electron chi connectivity index (χ2n) is 3.97. The Kier molecular flexibility index (Phi) is 3.64. The minimum atomic E-state index is -3.80. The SMILES string of the molecule is Cc1cc(NS(=O)(=O)c2ccc(F)cc2Br)nn1C. The van der Waals surface area contributed by atoms with E-state index in [0.717, 1.165) is 17.8 Å². The van der Waals surface area contributed by atoms with Crippen molar-refractivity contribution in [3.63, 3.8) is 0 Å². The van der Waals surface area contributed by atoms with Crippen molar-refractivity contribution in [2.75, 3.05) is 4.72 Å².